The average molecular weight is 208 g/mol. The molecule has 0 aliphatic rings. The molecule has 0 saturated heterocycles. The van der Waals surface area contributed by atoms with Crippen LogP contribution in [-0.4, -0.2) is 18.5 Å². The third kappa shape index (κ3) is 4.81. The third-order valence-electron chi connectivity index (χ3n) is 1.58. The molecular weight excluding hydrogens is 196 g/mol. The third-order valence-corrected chi connectivity index (χ3v) is 1.58. The Morgan fingerprint density at radius 2 is 1.87 bits per heavy atom. The smallest absolute Gasteiger partial charge is 0.316 e. The van der Waals surface area contributed by atoms with Crippen LogP contribution in [0.15, 0.2) is 30.3 Å². The highest BCUT2D eigenvalue weighted by Gasteiger charge is 2.05. The fourth-order valence-corrected chi connectivity index (χ4v) is 0.980. The van der Waals surface area contributed by atoms with Crippen molar-refractivity contribution in [3.05, 3.63) is 30.3 Å². The first-order valence-corrected chi connectivity index (χ1v) is 4.57. The standard InChI is InChI=1S/C11H12O4/c1-9(12)15-11(13)7-8-14-10-5-3-2-4-6-10/h2-6H,7-8H2,1H3. The van der Waals surface area contributed by atoms with Crippen LogP contribution in [0.4, 0.5) is 0 Å². The summed E-state index contributed by atoms with van der Waals surface area (Å²) < 4.78 is 9.58. The molecule has 0 spiro atoms. The van der Waals surface area contributed by atoms with Gasteiger partial charge in [-0.15, -0.1) is 0 Å². The second-order valence-corrected chi connectivity index (χ2v) is 2.88. The number of hydrogen-bond donors (Lipinski definition) is 0. The maximum Gasteiger partial charge on any atom is 0.316 e. The van der Waals surface area contributed by atoms with Crippen LogP contribution in [0.1, 0.15) is 13.3 Å². The Kier molecular flexibility index (Phi) is 4.34. The zero-order chi connectivity index (χ0) is 11.1. The number of hydrogen-bond acceptors (Lipinski definition) is 4. The lowest BCUT2D eigenvalue weighted by Crippen LogP contribution is -2.12. The van der Waals surface area contributed by atoms with E-state index < -0.39 is 11.9 Å². The first kappa shape index (κ1) is 11.2. The molecule has 1 aromatic rings. The first-order chi connectivity index (χ1) is 7.18. The quantitative estimate of drug-likeness (QED) is 0.556. The molecule has 80 valence electrons. The number of carbonyl (C=O) groups excluding carboxylic acids is 2. The van der Waals surface area contributed by atoms with Crippen LogP contribution in [0.5, 0.6) is 5.75 Å². The van der Waals surface area contributed by atoms with Crippen molar-refractivity contribution in [2.45, 2.75) is 13.3 Å². The van der Waals surface area contributed by atoms with Crippen molar-refractivity contribution in [3.8, 4) is 5.75 Å². The molecule has 4 nitrogen and oxygen atoms in total. The molecule has 1 rings (SSSR count). The van der Waals surface area contributed by atoms with Crippen LogP contribution in [0.25, 0.3) is 0 Å². The minimum absolute atomic E-state index is 0.0640. The highest BCUT2D eigenvalue weighted by molar-refractivity contribution is 5.84. The van der Waals surface area contributed by atoms with Gasteiger partial charge >= 0.3 is 11.9 Å². The summed E-state index contributed by atoms with van der Waals surface area (Å²) in [5.74, 6) is -0.480. The molecule has 0 saturated carbocycles. The van der Waals surface area contributed by atoms with Crippen molar-refractivity contribution in [3.63, 3.8) is 0 Å². The molecule has 0 N–H and O–H groups in total. The Bertz CT molecular complexity index is 332. The van der Waals surface area contributed by atoms with Gasteiger partial charge in [-0.2, -0.15) is 0 Å². The zero-order valence-electron chi connectivity index (χ0n) is 8.43. The summed E-state index contributed by atoms with van der Waals surface area (Å²) in [6, 6.07) is 9.12. The number of ether oxygens (including phenoxy) is 2. The Labute approximate surface area is 87.8 Å². The monoisotopic (exact) mass is 208 g/mol. The molecule has 4 heteroatoms. The number of benzene rings is 1. The lowest BCUT2D eigenvalue weighted by atomic mass is 10.3. The lowest BCUT2D eigenvalue weighted by Gasteiger charge is -2.04. The van der Waals surface area contributed by atoms with E-state index in [1.165, 1.54) is 6.92 Å². The molecule has 0 amide bonds. The van der Waals surface area contributed by atoms with Crippen LogP contribution >= 0.6 is 0 Å². The summed E-state index contributed by atoms with van der Waals surface area (Å²) in [7, 11) is 0. The lowest BCUT2D eigenvalue weighted by molar-refractivity contribution is -0.158. The van der Waals surface area contributed by atoms with Crippen LogP contribution in [0.3, 0.4) is 0 Å². The van der Waals surface area contributed by atoms with E-state index in [9.17, 15) is 9.59 Å². The Hall–Kier alpha value is -1.84. The molecule has 1 aromatic carbocycles. The van der Waals surface area contributed by atoms with Crippen molar-refractivity contribution >= 4 is 11.9 Å². The summed E-state index contributed by atoms with van der Waals surface area (Å²) in [4.78, 5) is 21.3. The van der Waals surface area contributed by atoms with Crippen LogP contribution < -0.4 is 4.74 Å². The van der Waals surface area contributed by atoms with E-state index in [0.717, 1.165) is 0 Å². The molecule has 0 radical (unpaired) electrons. The van der Waals surface area contributed by atoms with Crippen molar-refractivity contribution < 1.29 is 19.1 Å². The van der Waals surface area contributed by atoms with Gasteiger partial charge < -0.3 is 9.47 Å². The van der Waals surface area contributed by atoms with E-state index in [1.807, 2.05) is 18.2 Å². The second-order valence-electron chi connectivity index (χ2n) is 2.88. The summed E-state index contributed by atoms with van der Waals surface area (Å²) in [6.07, 6.45) is 0.0640. The van der Waals surface area contributed by atoms with Gasteiger partial charge in [0.05, 0.1) is 13.0 Å². The Morgan fingerprint density at radius 1 is 1.20 bits per heavy atom. The van der Waals surface area contributed by atoms with Gasteiger partial charge in [0, 0.05) is 6.92 Å². The van der Waals surface area contributed by atoms with Gasteiger partial charge in [-0.1, -0.05) is 18.2 Å². The van der Waals surface area contributed by atoms with E-state index >= 15 is 0 Å². The van der Waals surface area contributed by atoms with Gasteiger partial charge in [0.2, 0.25) is 0 Å². The molecule has 0 aromatic heterocycles. The number of carbonyl (C=O) groups is 2. The number of rotatable bonds is 4. The van der Waals surface area contributed by atoms with E-state index in [-0.39, 0.29) is 13.0 Å². The van der Waals surface area contributed by atoms with Gasteiger partial charge in [-0.05, 0) is 12.1 Å². The maximum atomic E-state index is 10.9. The van der Waals surface area contributed by atoms with Gasteiger partial charge in [0.15, 0.2) is 0 Å². The van der Waals surface area contributed by atoms with Gasteiger partial charge in [0.25, 0.3) is 0 Å². The summed E-state index contributed by atoms with van der Waals surface area (Å²) in [6.45, 7) is 1.39. The maximum absolute atomic E-state index is 10.9. The van der Waals surface area contributed by atoms with Crippen molar-refractivity contribution in [1.82, 2.24) is 0 Å². The number of esters is 2. The van der Waals surface area contributed by atoms with Crippen molar-refractivity contribution in [2.24, 2.45) is 0 Å². The minimum atomic E-state index is -0.597. The SMILES string of the molecule is CC(=O)OC(=O)CCOc1ccccc1. The number of para-hydroxylation sites is 1. The molecule has 0 aliphatic carbocycles. The minimum Gasteiger partial charge on any atom is -0.493 e. The van der Waals surface area contributed by atoms with Crippen molar-refractivity contribution in [2.75, 3.05) is 6.61 Å². The van der Waals surface area contributed by atoms with E-state index in [2.05, 4.69) is 4.74 Å². The normalized spacial score (nSPS) is 9.40. The zero-order valence-corrected chi connectivity index (χ0v) is 8.43. The predicted molar refractivity (Wildman–Crippen MR) is 53.3 cm³/mol. The summed E-state index contributed by atoms with van der Waals surface area (Å²) >= 11 is 0. The topological polar surface area (TPSA) is 52.6 Å². The highest BCUT2D eigenvalue weighted by Crippen LogP contribution is 2.08. The molecular formula is C11H12O4. The Morgan fingerprint density at radius 3 is 2.47 bits per heavy atom. The molecule has 0 atom stereocenters. The average Bonchev–Trinajstić information content (AvgIpc) is 2.18. The predicted octanol–water partition coefficient (Wildman–Crippen LogP) is 1.55. The van der Waals surface area contributed by atoms with Crippen LogP contribution in [0.2, 0.25) is 0 Å². The largest absolute Gasteiger partial charge is 0.493 e. The fourth-order valence-electron chi connectivity index (χ4n) is 0.980. The molecule has 15 heavy (non-hydrogen) atoms. The van der Waals surface area contributed by atoms with Crippen molar-refractivity contribution in [1.29, 1.82) is 0 Å². The molecule has 0 fully saturated rings. The van der Waals surface area contributed by atoms with Crippen LogP contribution in [-0.2, 0) is 14.3 Å². The summed E-state index contributed by atoms with van der Waals surface area (Å²) in [5.41, 5.74) is 0. The van der Waals surface area contributed by atoms with E-state index in [0.29, 0.717) is 5.75 Å². The van der Waals surface area contributed by atoms with Gasteiger partial charge in [-0.3, -0.25) is 9.59 Å². The molecule has 0 bridgehead atoms. The first-order valence-electron chi connectivity index (χ1n) is 4.57. The van der Waals surface area contributed by atoms with Gasteiger partial charge in [0.1, 0.15) is 5.75 Å². The van der Waals surface area contributed by atoms with E-state index in [1.54, 1.807) is 12.1 Å². The fraction of sp³-hybridized carbons (Fsp3) is 0.273. The summed E-state index contributed by atoms with van der Waals surface area (Å²) in [5, 5.41) is 0. The molecule has 0 aliphatic heterocycles. The highest BCUT2D eigenvalue weighted by atomic mass is 16.6. The second kappa shape index (κ2) is 5.80. The van der Waals surface area contributed by atoms with Crippen LogP contribution in [0, 0.1) is 0 Å². The Balaban J connectivity index is 2.22. The molecule has 0 unspecified atom stereocenters. The van der Waals surface area contributed by atoms with Gasteiger partial charge in [-0.25, -0.2) is 0 Å². The van der Waals surface area contributed by atoms with E-state index in [4.69, 9.17) is 4.74 Å². The molecule has 0 heterocycles.